The first-order valence-electron chi connectivity index (χ1n) is 7.61. The van der Waals surface area contributed by atoms with Crippen molar-refractivity contribution >= 4 is 12.1 Å². The van der Waals surface area contributed by atoms with E-state index in [0.29, 0.717) is 12.5 Å². The van der Waals surface area contributed by atoms with Crippen LogP contribution in [0, 0.1) is 0 Å². The molecule has 120 valence electrons. The fourth-order valence-corrected chi connectivity index (χ4v) is 2.19. The molecule has 0 saturated heterocycles. The number of unbranched alkanes of at least 4 members (excludes halogenated alkanes) is 1. The van der Waals surface area contributed by atoms with Crippen LogP contribution in [0.5, 0.6) is 5.75 Å². The van der Waals surface area contributed by atoms with Crippen molar-refractivity contribution in [1.82, 2.24) is 10.6 Å². The molecular formula is C16H23N3O3. The molecule has 0 fully saturated rings. The minimum atomic E-state index is -0.522. The fraction of sp³-hybridized carbons (Fsp3) is 0.500. The lowest BCUT2D eigenvalue weighted by Crippen LogP contribution is -2.45. The lowest BCUT2D eigenvalue weighted by Gasteiger charge is -2.25. The molecule has 0 aliphatic carbocycles. The van der Waals surface area contributed by atoms with E-state index in [-0.39, 0.29) is 6.04 Å². The average Bonchev–Trinajstić information content (AvgIpc) is 2.56. The molecule has 1 aliphatic heterocycles. The molecule has 0 aromatic heterocycles. The molecule has 1 heterocycles. The molecule has 1 aromatic rings. The van der Waals surface area contributed by atoms with E-state index in [4.69, 9.17) is 4.74 Å². The van der Waals surface area contributed by atoms with Crippen LogP contribution in [0.4, 0.5) is 4.79 Å². The Balaban J connectivity index is 1.91. The Morgan fingerprint density at radius 3 is 2.86 bits per heavy atom. The van der Waals surface area contributed by atoms with Crippen molar-refractivity contribution in [2.75, 3.05) is 20.3 Å². The van der Waals surface area contributed by atoms with E-state index in [0.717, 1.165) is 37.2 Å². The van der Waals surface area contributed by atoms with Gasteiger partial charge < -0.3 is 14.8 Å². The van der Waals surface area contributed by atoms with Gasteiger partial charge in [0.05, 0.1) is 19.8 Å². The largest absolute Gasteiger partial charge is 0.494 e. The Labute approximate surface area is 130 Å². The van der Waals surface area contributed by atoms with E-state index in [1.54, 1.807) is 0 Å². The molecule has 6 heteroatoms. The summed E-state index contributed by atoms with van der Waals surface area (Å²) >= 11 is 0. The van der Waals surface area contributed by atoms with Crippen molar-refractivity contribution < 1.29 is 14.3 Å². The summed E-state index contributed by atoms with van der Waals surface area (Å²) in [5.41, 5.74) is 1.14. The van der Waals surface area contributed by atoms with Crippen molar-refractivity contribution in [3.05, 3.63) is 29.8 Å². The highest BCUT2D eigenvalue weighted by molar-refractivity contribution is 5.94. The molecule has 1 aliphatic rings. The van der Waals surface area contributed by atoms with E-state index in [1.807, 2.05) is 24.3 Å². The molecular weight excluding hydrogens is 282 g/mol. The first-order chi connectivity index (χ1) is 10.7. The quantitative estimate of drug-likeness (QED) is 0.820. The second-order valence-electron chi connectivity index (χ2n) is 5.10. The number of carbonyl (C=O) groups excluding carboxylic acids is 1. The zero-order valence-electron chi connectivity index (χ0n) is 13.1. The van der Waals surface area contributed by atoms with Crippen LogP contribution < -0.4 is 15.4 Å². The number of hydrogen-bond acceptors (Lipinski definition) is 5. The number of amides is 1. The third-order valence-electron chi connectivity index (χ3n) is 3.45. The molecule has 2 rings (SSSR count). The monoisotopic (exact) mass is 305 g/mol. The van der Waals surface area contributed by atoms with Gasteiger partial charge in [0.2, 0.25) is 5.96 Å². The van der Waals surface area contributed by atoms with Gasteiger partial charge in [-0.25, -0.2) is 4.79 Å². The van der Waals surface area contributed by atoms with E-state index in [2.05, 4.69) is 27.3 Å². The van der Waals surface area contributed by atoms with Gasteiger partial charge in [0.25, 0.3) is 0 Å². The third-order valence-corrected chi connectivity index (χ3v) is 3.45. The molecule has 1 atom stereocenters. The van der Waals surface area contributed by atoms with Crippen LogP contribution in [-0.2, 0) is 4.74 Å². The standard InChI is InChI=1S/C16H23N3O3/c1-3-4-11-22-13-7-5-12(6-8-13)14-9-10-17-15(18-14)19-16(20)21-2/h5-8,14H,3-4,9-11H2,1-2H3,(H2,17,18,19,20). The number of nitrogens with zero attached hydrogens (tertiary/aromatic N) is 1. The highest BCUT2D eigenvalue weighted by atomic mass is 16.5. The Bertz CT molecular complexity index is 514. The van der Waals surface area contributed by atoms with Gasteiger partial charge in [-0.05, 0) is 30.5 Å². The maximum atomic E-state index is 11.2. The van der Waals surface area contributed by atoms with Crippen LogP contribution in [0.15, 0.2) is 29.3 Å². The van der Waals surface area contributed by atoms with Crippen molar-refractivity contribution in [3.63, 3.8) is 0 Å². The Hall–Kier alpha value is -2.24. The molecule has 1 unspecified atom stereocenters. The summed E-state index contributed by atoms with van der Waals surface area (Å²) in [7, 11) is 1.33. The number of carbonyl (C=O) groups is 1. The van der Waals surface area contributed by atoms with E-state index < -0.39 is 6.09 Å². The summed E-state index contributed by atoms with van der Waals surface area (Å²) in [4.78, 5) is 15.5. The topological polar surface area (TPSA) is 72.0 Å². The Kier molecular flexibility index (Phi) is 6.06. The molecule has 0 saturated carbocycles. The number of methoxy groups -OCH3 is 1. The van der Waals surface area contributed by atoms with Gasteiger partial charge >= 0.3 is 6.09 Å². The van der Waals surface area contributed by atoms with Crippen LogP contribution >= 0.6 is 0 Å². The van der Waals surface area contributed by atoms with Gasteiger partial charge in [-0.2, -0.15) is 0 Å². The molecule has 22 heavy (non-hydrogen) atoms. The number of benzene rings is 1. The van der Waals surface area contributed by atoms with Crippen LogP contribution in [0.2, 0.25) is 0 Å². The lowest BCUT2D eigenvalue weighted by atomic mass is 10.0. The normalized spacial score (nSPS) is 17.2. The molecule has 1 amide bonds. The number of guanidine groups is 1. The number of hydrogen-bond donors (Lipinski definition) is 2. The summed E-state index contributed by atoms with van der Waals surface area (Å²) in [6.45, 7) is 3.55. The summed E-state index contributed by atoms with van der Waals surface area (Å²) in [5.74, 6) is 1.33. The SMILES string of the molecule is CCCCOc1ccc(C2CCN=C(NC(=O)OC)N2)cc1. The summed E-state index contributed by atoms with van der Waals surface area (Å²) in [6.07, 6.45) is 2.54. The van der Waals surface area contributed by atoms with Gasteiger partial charge in [-0.15, -0.1) is 0 Å². The molecule has 2 N–H and O–H groups in total. The van der Waals surface area contributed by atoms with E-state index in [9.17, 15) is 4.79 Å². The number of aliphatic imine (C=N–C) groups is 1. The van der Waals surface area contributed by atoms with Gasteiger partial charge in [0, 0.05) is 6.54 Å². The van der Waals surface area contributed by atoms with E-state index >= 15 is 0 Å². The maximum absolute atomic E-state index is 11.2. The minimum absolute atomic E-state index is 0.120. The number of rotatable bonds is 5. The zero-order chi connectivity index (χ0) is 15.8. The van der Waals surface area contributed by atoms with Crippen LogP contribution in [0.3, 0.4) is 0 Å². The van der Waals surface area contributed by atoms with Gasteiger partial charge in [0.1, 0.15) is 5.75 Å². The predicted molar refractivity (Wildman–Crippen MR) is 85.2 cm³/mol. The zero-order valence-corrected chi connectivity index (χ0v) is 13.1. The second-order valence-corrected chi connectivity index (χ2v) is 5.10. The highest BCUT2D eigenvalue weighted by Gasteiger charge is 2.18. The fourth-order valence-electron chi connectivity index (χ4n) is 2.19. The number of alkyl carbamates (subject to hydrolysis) is 1. The molecule has 6 nitrogen and oxygen atoms in total. The number of nitrogens with one attached hydrogen (secondary N) is 2. The van der Waals surface area contributed by atoms with Gasteiger partial charge in [-0.1, -0.05) is 25.5 Å². The van der Waals surface area contributed by atoms with Crippen LogP contribution in [0.1, 0.15) is 37.8 Å². The first-order valence-corrected chi connectivity index (χ1v) is 7.61. The lowest BCUT2D eigenvalue weighted by molar-refractivity contribution is 0.176. The highest BCUT2D eigenvalue weighted by Crippen LogP contribution is 2.22. The van der Waals surface area contributed by atoms with Gasteiger partial charge in [-0.3, -0.25) is 10.3 Å². The molecule has 0 spiro atoms. The minimum Gasteiger partial charge on any atom is -0.494 e. The Morgan fingerprint density at radius 1 is 1.41 bits per heavy atom. The smallest absolute Gasteiger partial charge is 0.413 e. The summed E-state index contributed by atoms with van der Waals surface area (Å²) in [5, 5.41) is 5.77. The average molecular weight is 305 g/mol. The predicted octanol–water partition coefficient (Wildman–Crippen LogP) is 2.61. The molecule has 1 aromatic carbocycles. The maximum Gasteiger partial charge on any atom is 0.413 e. The van der Waals surface area contributed by atoms with Gasteiger partial charge in [0.15, 0.2) is 0 Å². The summed E-state index contributed by atoms with van der Waals surface area (Å²) < 4.78 is 10.2. The van der Waals surface area contributed by atoms with Crippen LogP contribution in [-0.4, -0.2) is 32.3 Å². The molecule has 0 radical (unpaired) electrons. The van der Waals surface area contributed by atoms with Crippen molar-refractivity contribution in [2.45, 2.75) is 32.2 Å². The Morgan fingerprint density at radius 2 is 2.18 bits per heavy atom. The number of ether oxygens (including phenoxy) is 2. The van der Waals surface area contributed by atoms with Crippen molar-refractivity contribution in [2.24, 2.45) is 4.99 Å². The van der Waals surface area contributed by atoms with Crippen molar-refractivity contribution in [1.29, 1.82) is 0 Å². The summed E-state index contributed by atoms with van der Waals surface area (Å²) in [6, 6.07) is 8.16. The third kappa shape index (κ3) is 4.65. The first kappa shape index (κ1) is 16.1. The second kappa shape index (κ2) is 8.26. The molecule has 0 bridgehead atoms. The van der Waals surface area contributed by atoms with Crippen molar-refractivity contribution in [3.8, 4) is 5.75 Å². The van der Waals surface area contributed by atoms with E-state index in [1.165, 1.54) is 7.11 Å². The van der Waals surface area contributed by atoms with Crippen LogP contribution in [0.25, 0.3) is 0 Å².